The lowest BCUT2D eigenvalue weighted by molar-refractivity contribution is -0.121. The van der Waals surface area contributed by atoms with E-state index in [1.165, 1.54) is 89.9 Å². The summed E-state index contributed by atoms with van der Waals surface area (Å²) < 4.78 is 0. The number of imidazole rings is 1. The van der Waals surface area contributed by atoms with E-state index in [0.29, 0.717) is 11.4 Å². The van der Waals surface area contributed by atoms with Crippen molar-refractivity contribution < 1.29 is 4.79 Å². The lowest BCUT2D eigenvalue weighted by Crippen LogP contribution is -2.34. The smallest absolute Gasteiger partial charge is 0.221 e. The topological polar surface area (TPSA) is 69.8 Å². The molecule has 0 aliphatic carbocycles. The van der Waals surface area contributed by atoms with Crippen molar-refractivity contribution in [2.75, 3.05) is 13.1 Å². The number of benzene rings is 1. The quantitative estimate of drug-likeness (QED) is 0.106. The molecular formula is C31H52N4OS. The van der Waals surface area contributed by atoms with E-state index < -0.39 is 0 Å². The minimum Gasteiger partial charge on any atom is -0.379 e. The van der Waals surface area contributed by atoms with Crippen LogP contribution in [0.5, 0.6) is 0 Å². The largest absolute Gasteiger partial charge is 0.379 e. The van der Waals surface area contributed by atoms with Crippen molar-refractivity contribution >= 4 is 34.1 Å². The van der Waals surface area contributed by atoms with E-state index in [1.807, 2.05) is 24.3 Å². The second kappa shape index (κ2) is 20.1. The van der Waals surface area contributed by atoms with Crippen LogP contribution in [0.2, 0.25) is 0 Å². The van der Waals surface area contributed by atoms with Gasteiger partial charge in [-0.3, -0.25) is 4.79 Å². The maximum Gasteiger partial charge on any atom is 0.221 e. The second-order valence-corrected chi connectivity index (χ2v) is 10.9. The highest BCUT2D eigenvalue weighted by atomic mass is 32.1. The first kappa shape index (κ1) is 31.3. The predicted octanol–water partition coefficient (Wildman–Crippen LogP) is 8.35. The molecule has 1 atom stereocenters. The number of carbonyl (C=O) groups is 1. The van der Waals surface area contributed by atoms with Crippen molar-refractivity contribution in [2.24, 2.45) is 0 Å². The number of fused-ring (bicyclic) bond motifs is 1. The van der Waals surface area contributed by atoms with Gasteiger partial charge in [-0.25, -0.2) is 4.98 Å². The Morgan fingerprint density at radius 3 is 1.86 bits per heavy atom. The third-order valence-corrected chi connectivity index (χ3v) is 7.55. The molecule has 1 amide bonds. The van der Waals surface area contributed by atoms with Crippen molar-refractivity contribution in [1.82, 2.24) is 20.6 Å². The Labute approximate surface area is 231 Å². The molecule has 1 heterocycles. The molecule has 0 fully saturated rings. The van der Waals surface area contributed by atoms with Crippen LogP contribution in [0.4, 0.5) is 0 Å². The van der Waals surface area contributed by atoms with E-state index >= 15 is 0 Å². The average Bonchev–Trinajstić information content (AvgIpc) is 3.33. The lowest BCUT2D eigenvalue weighted by Gasteiger charge is -2.17. The van der Waals surface area contributed by atoms with Crippen molar-refractivity contribution in [3.05, 3.63) is 30.1 Å². The van der Waals surface area contributed by atoms with E-state index in [1.54, 1.807) is 0 Å². The van der Waals surface area contributed by atoms with Crippen LogP contribution in [-0.2, 0) is 4.79 Å². The Kier molecular flexibility index (Phi) is 17.0. The van der Waals surface area contributed by atoms with Crippen molar-refractivity contribution in [3.63, 3.8) is 0 Å². The molecule has 37 heavy (non-hydrogen) atoms. The van der Waals surface area contributed by atoms with Crippen LogP contribution < -0.4 is 10.6 Å². The highest BCUT2D eigenvalue weighted by Crippen LogP contribution is 2.22. The van der Waals surface area contributed by atoms with Crippen LogP contribution >= 0.6 is 12.2 Å². The van der Waals surface area contributed by atoms with Crippen LogP contribution in [0.1, 0.15) is 135 Å². The number of aromatic amines is 1. The number of nitrogens with zero attached hydrogens (tertiary/aromatic N) is 1. The van der Waals surface area contributed by atoms with Crippen LogP contribution in [0.15, 0.2) is 24.3 Å². The Morgan fingerprint density at radius 1 is 0.784 bits per heavy atom. The predicted molar refractivity (Wildman–Crippen MR) is 162 cm³/mol. The number of amides is 1. The van der Waals surface area contributed by atoms with Gasteiger partial charge in [0, 0.05) is 19.5 Å². The summed E-state index contributed by atoms with van der Waals surface area (Å²) in [4.78, 5) is 21.7. The summed E-state index contributed by atoms with van der Waals surface area (Å²) in [6, 6.07) is 7.99. The molecule has 0 saturated carbocycles. The van der Waals surface area contributed by atoms with E-state index in [0.717, 1.165) is 42.8 Å². The number of H-pyrrole nitrogens is 1. The third-order valence-electron chi connectivity index (χ3n) is 7.13. The summed E-state index contributed by atoms with van der Waals surface area (Å²) >= 11 is 5.79. The van der Waals surface area contributed by atoms with E-state index in [-0.39, 0.29) is 11.8 Å². The summed E-state index contributed by atoms with van der Waals surface area (Å²) in [5, 5.41) is 6.56. The fourth-order valence-corrected chi connectivity index (χ4v) is 5.09. The number of para-hydroxylation sites is 2. The number of hydrogen-bond acceptors (Lipinski definition) is 3. The molecule has 0 aliphatic rings. The first-order valence-electron chi connectivity index (χ1n) is 15.1. The van der Waals surface area contributed by atoms with E-state index in [9.17, 15) is 4.79 Å². The molecule has 1 aromatic carbocycles. The van der Waals surface area contributed by atoms with Gasteiger partial charge < -0.3 is 15.6 Å². The first-order chi connectivity index (χ1) is 18.2. The van der Waals surface area contributed by atoms with Gasteiger partial charge in [0.25, 0.3) is 0 Å². The van der Waals surface area contributed by atoms with Crippen LogP contribution in [0, 0.1) is 0 Å². The third kappa shape index (κ3) is 13.4. The highest BCUT2D eigenvalue weighted by Gasteiger charge is 2.24. The normalized spacial score (nSPS) is 12.1. The molecule has 0 bridgehead atoms. The zero-order valence-corrected chi connectivity index (χ0v) is 24.4. The maximum atomic E-state index is 12.8. The van der Waals surface area contributed by atoms with Crippen LogP contribution in [0.3, 0.4) is 0 Å². The van der Waals surface area contributed by atoms with Crippen molar-refractivity contribution in [1.29, 1.82) is 0 Å². The van der Waals surface area contributed by atoms with Gasteiger partial charge in [0.15, 0.2) is 0 Å². The molecule has 0 aliphatic heterocycles. The Morgan fingerprint density at radius 2 is 1.30 bits per heavy atom. The monoisotopic (exact) mass is 528 g/mol. The fraction of sp³-hybridized carbons (Fsp3) is 0.710. The molecule has 2 rings (SSSR count). The lowest BCUT2D eigenvalue weighted by atomic mass is 10.0. The van der Waals surface area contributed by atoms with E-state index in [2.05, 4.69) is 29.5 Å². The number of rotatable bonds is 22. The van der Waals surface area contributed by atoms with Crippen LogP contribution in [-0.4, -0.2) is 34.0 Å². The number of unbranched alkanes of at least 4 members (excludes halogenated alkanes) is 14. The summed E-state index contributed by atoms with van der Waals surface area (Å²) in [6.07, 6.45) is 20.7. The minimum absolute atomic E-state index is 0.0460. The Hall–Kier alpha value is -1.95. The zero-order chi connectivity index (χ0) is 26.6. The van der Waals surface area contributed by atoms with Gasteiger partial charge in [-0.2, -0.15) is 0 Å². The Balaban J connectivity index is 1.77. The number of aromatic nitrogens is 2. The molecule has 2 aromatic rings. The summed E-state index contributed by atoms with van der Waals surface area (Å²) in [5.41, 5.74) is 1.89. The molecule has 0 radical (unpaired) electrons. The van der Waals surface area contributed by atoms with Crippen molar-refractivity contribution in [3.8, 4) is 0 Å². The zero-order valence-electron chi connectivity index (χ0n) is 23.6. The number of carbonyl (C=O) groups excluding carboxylic acids is 1. The minimum atomic E-state index is -0.241. The van der Waals surface area contributed by atoms with Crippen LogP contribution in [0.25, 0.3) is 11.0 Å². The number of thiocarbonyl (C=S) groups is 1. The first-order valence-corrected chi connectivity index (χ1v) is 15.6. The molecule has 208 valence electrons. The molecule has 0 spiro atoms. The second-order valence-electron chi connectivity index (χ2n) is 10.5. The maximum absolute atomic E-state index is 12.8. The summed E-state index contributed by atoms with van der Waals surface area (Å²) in [5.74, 6) is 0.580. The van der Waals surface area contributed by atoms with Gasteiger partial charge in [0.2, 0.25) is 5.91 Å². The van der Waals surface area contributed by atoms with Gasteiger partial charge in [-0.15, -0.1) is 0 Å². The molecule has 5 nitrogen and oxygen atoms in total. The molecular weight excluding hydrogens is 476 g/mol. The van der Waals surface area contributed by atoms with Gasteiger partial charge in [0.1, 0.15) is 5.82 Å². The fourth-order valence-electron chi connectivity index (χ4n) is 4.79. The molecule has 1 unspecified atom stereocenters. The Bertz CT molecular complexity index is 848. The standard InChI is InChI=1S/C31H52N4OS/c1-3-5-7-9-11-13-15-19-23-32-29(36)25-26(30-34-27-21-17-18-22-28(27)35-30)31(37)33-24-20-16-14-12-10-8-6-4-2/h17-18,21-22,26H,3-16,19-20,23-25H2,1-2H3,(H,32,36)(H,33,37)(H,34,35). The number of hydrogen-bond donors (Lipinski definition) is 3. The van der Waals surface area contributed by atoms with E-state index in [4.69, 9.17) is 17.2 Å². The molecule has 3 N–H and O–H groups in total. The van der Waals surface area contributed by atoms with Gasteiger partial charge in [-0.05, 0) is 25.0 Å². The highest BCUT2D eigenvalue weighted by molar-refractivity contribution is 7.80. The summed E-state index contributed by atoms with van der Waals surface area (Å²) in [6.45, 7) is 6.10. The molecule has 1 aromatic heterocycles. The molecule has 6 heteroatoms. The van der Waals surface area contributed by atoms with Gasteiger partial charge in [-0.1, -0.05) is 128 Å². The number of nitrogens with one attached hydrogen (secondary N) is 3. The average molecular weight is 529 g/mol. The summed E-state index contributed by atoms with van der Waals surface area (Å²) in [7, 11) is 0. The molecule has 0 saturated heterocycles. The van der Waals surface area contributed by atoms with Gasteiger partial charge in [0.05, 0.1) is 21.9 Å². The van der Waals surface area contributed by atoms with Gasteiger partial charge >= 0.3 is 0 Å². The SMILES string of the molecule is CCCCCCCCCCNC(=O)CC(C(=S)NCCCCCCCCCC)c1nc2ccccc2[nH]1. The van der Waals surface area contributed by atoms with Crippen molar-refractivity contribution in [2.45, 2.75) is 129 Å².